The number of hydrogen-bond acceptors (Lipinski definition) is 3. The first kappa shape index (κ1) is 10.0. The molecule has 1 aromatic carbocycles. The third kappa shape index (κ3) is 3.44. The lowest BCUT2D eigenvalue weighted by molar-refractivity contribution is 0.122. The molecule has 3 heteroatoms. The van der Waals surface area contributed by atoms with E-state index in [-0.39, 0.29) is 6.61 Å². The molecule has 0 aliphatic rings. The van der Waals surface area contributed by atoms with Crippen LogP contribution in [0.2, 0.25) is 0 Å². The van der Waals surface area contributed by atoms with Gasteiger partial charge in [-0.1, -0.05) is 12.1 Å². The van der Waals surface area contributed by atoms with Crippen molar-refractivity contribution < 1.29 is 14.9 Å². The highest BCUT2D eigenvalue weighted by molar-refractivity contribution is 5.26. The second kappa shape index (κ2) is 4.84. The van der Waals surface area contributed by atoms with E-state index in [4.69, 9.17) is 14.9 Å². The van der Waals surface area contributed by atoms with Gasteiger partial charge in [-0.25, -0.2) is 0 Å². The Morgan fingerprint density at radius 2 is 1.92 bits per heavy atom. The van der Waals surface area contributed by atoms with Crippen LogP contribution in [0, 0.1) is 0 Å². The van der Waals surface area contributed by atoms with E-state index < -0.39 is 6.10 Å². The van der Waals surface area contributed by atoms with Crippen molar-refractivity contribution in [1.29, 1.82) is 0 Å². The summed E-state index contributed by atoms with van der Waals surface area (Å²) in [5.74, 6) is 0.707. The molecule has 0 spiro atoms. The Bertz CT molecular complexity index is 241. The summed E-state index contributed by atoms with van der Waals surface area (Å²) in [4.78, 5) is 0. The molecule has 0 aromatic heterocycles. The van der Waals surface area contributed by atoms with Crippen LogP contribution in [0.15, 0.2) is 24.3 Å². The summed E-state index contributed by atoms with van der Waals surface area (Å²) < 4.78 is 5.24. The van der Waals surface area contributed by atoms with E-state index in [1.165, 1.54) is 0 Å². The molecule has 2 N–H and O–H groups in total. The SMILES string of the molecule is C[C@@H](O)COc1ccc(CO)cc1. The second-order valence-corrected chi connectivity index (χ2v) is 2.96. The molecule has 3 nitrogen and oxygen atoms in total. The zero-order valence-corrected chi connectivity index (χ0v) is 7.60. The predicted octanol–water partition coefficient (Wildman–Crippen LogP) is 0.938. The molecule has 1 rings (SSSR count). The molecule has 0 aliphatic carbocycles. The van der Waals surface area contributed by atoms with Crippen LogP contribution in [0.1, 0.15) is 12.5 Å². The minimum atomic E-state index is -0.461. The number of aliphatic hydroxyl groups excluding tert-OH is 2. The first-order valence-corrected chi connectivity index (χ1v) is 4.23. The Hall–Kier alpha value is -1.06. The average Bonchev–Trinajstić information content (AvgIpc) is 2.15. The molecule has 0 bridgehead atoms. The van der Waals surface area contributed by atoms with Crippen molar-refractivity contribution >= 4 is 0 Å². The van der Waals surface area contributed by atoms with Gasteiger partial charge in [0, 0.05) is 0 Å². The molecule has 0 heterocycles. The van der Waals surface area contributed by atoms with Gasteiger partial charge in [-0.15, -0.1) is 0 Å². The molecule has 13 heavy (non-hydrogen) atoms. The third-order valence-electron chi connectivity index (χ3n) is 1.60. The second-order valence-electron chi connectivity index (χ2n) is 2.96. The average molecular weight is 182 g/mol. The van der Waals surface area contributed by atoms with Gasteiger partial charge in [0.05, 0.1) is 12.7 Å². The van der Waals surface area contributed by atoms with E-state index in [9.17, 15) is 0 Å². The highest BCUT2D eigenvalue weighted by atomic mass is 16.5. The van der Waals surface area contributed by atoms with Crippen LogP contribution < -0.4 is 4.74 Å². The van der Waals surface area contributed by atoms with Crippen LogP contribution in [0.5, 0.6) is 5.75 Å². The van der Waals surface area contributed by atoms with E-state index in [0.29, 0.717) is 12.4 Å². The normalized spacial score (nSPS) is 12.5. The summed E-state index contributed by atoms with van der Waals surface area (Å²) in [5, 5.41) is 17.7. The summed E-state index contributed by atoms with van der Waals surface area (Å²) in [6.07, 6.45) is -0.461. The Balaban J connectivity index is 2.49. The lowest BCUT2D eigenvalue weighted by Crippen LogP contribution is -2.12. The van der Waals surface area contributed by atoms with Crippen molar-refractivity contribution in [2.75, 3.05) is 6.61 Å². The molecule has 0 radical (unpaired) electrons. The van der Waals surface area contributed by atoms with Crippen molar-refractivity contribution in [1.82, 2.24) is 0 Å². The van der Waals surface area contributed by atoms with Crippen molar-refractivity contribution in [2.24, 2.45) is 0 Å². The minimum Gasteiger partial charge on any atom is -0.491 e. The van der Waals surface area contributed by atoms with Gasteiger partial charge in [0.15, 0.2) is 0 Å². The predicted molar refractivity (Wildman–Crippen MR) is 49.5 cm³/mol. The standard InChI is InChI=1S/C10H14O3/c1-8(12)7-13-10-4-2-9(6-11)3-5-10/h2-5,8,11-12H,6-7H2,1H3/t8-/m1/s1. The van der Waals surface area contributed by atoms with Crippen LogP contribution >= 0.6 is 0 Å². The summed E-state index contributed by atoms with van der Waals surface area (Å²) in [7, 11) is 0. The summed E-state index contributed by atoms with van der Waals surface area (Å²) in [6, 6.07) is 7.12. The Kier molecular flexibility index (Phi) is 3.73. The van der Waals surface area contributed by atoms with Crippen LogP contribution in [-0.4, -0.2) is 22.9 Å². The van der Waals surface area contributed by atoms with Crippen molar-refractivity contribution in [3.05, 3.63) is 29.8 Å². The van der Waals surface area contributed by atoms with Gasteiger partial charge in [-0.2, -0.15) is 0 Å². The Labute approximate surface area is 77.6 Å². The summed E-state index contributed by atoms with van der Waals surface area (Å²) >= 11 is 0. The minimum absolute atomic E-state index is 0.0384. The van der Waals surface area contributed by atoms with E-state index in [1.807, 2.05) is 0 Å². The molecule has 0 aliphatic heterocycles. The van der Waals surface area contributed by atoms with Crippen LogP contribution in [0.4, 0.5) is 0 Å². The van der Waals surface area contributed by atoms with Gasteiger partial charge < -0.3 is 14.9 Å². The zero-order valence-electron chi connectivity index (χ0n) is 7.60. The lowest BCUT2D eigenvalue weighted by atomic mass is 10.2. The third-order valence-corrected chi connectivity index (χ3v) is 1.60. The molecule has 0 saturated heterocycles. The number of rotatable bonds is 4. The van der Waals surface area contributed by atoms with E-state index >= 15 is 0 Å². The largest absolute Gasteiger partial charge is 0.491 e. The van der Waals surface area contributed by atoms with E-state index in [1.54, 1.807) is 31.2 Å². The molecule has 0 unspecified atom stereocenters. The molecule has 0 saturated carbocycles. The monoisotopic (exact) mass is 182 g/mol. The van der Waals surface area contributed by atoms with E-state index in [0.717, 1.165) is 5.56 Å². The van der Waals surface area contributed by atoms with Crippen LogP contribution in [0.3, 0.4) is 0 Å². The molecule has 1 atom stereocenters. The van der Waals surface area contributed by atoms with Gasteiger partial charge in [0.2, 0.25) is 0 Å². The van der Waals surface area contributed by atoms with Crippen LogP contribution in [0.25, 0.3) is 0 Å². The quantitative estimate of drug-likeness (QED) is 0.728. The van der Waals surface area contributed by atoms with Gasteiger partial charge in [0.1, 0.15) is 12.4 Å². The highest BCUT2D eigenvalue weighted by Crippen LogP contribution is 2.12. The first-order chi connectivity index (χ1) is 6.22. The fraction of sp³-hybridized carbons (Fsp3) is 0.400. The number of aliphatic hydroxyl groups is 2. The fourth-order valence-electron chi connectivity index (χ4n) is 0.908. The lowest BCUT2D eigenvalue weighted by Gasteiger charge is -2.07. The molecule has 72 valence electrons. The maximum atomic E-state index is 8.95. The maximum Gasteiger partial charge on any atom is 0.119 e. The molecular weight excluding hydrogens is 168 g/mol. The van der Waals surface area contributed by atoms with Crippen molar-refractivity contribution in [3.8, 4) is 5.75 Å². The molecular formula is C10H14O3. The Morgan fingerprint density at radius 3 is 2.38 bits per heavy atom. The topological polar surface area (TPSA) is 49.7 Å². The van der Waals surface area contributed by atoms with Gasteiger partial charge in [0.25, 0.3) is 0 Å². The number of hydrogen-bond donors (Lipinski definition) is 2. The Morgan fingerprint density at radius 1 is 1.31 bits per heavy atom. The van der Waals surface area contributed by atoms with Crippen molar-refractivity contribution in [2.45, 2.75) is 19.6 Å². The fourth-order valence-corrected chi connectivity index (χ4v) is 0.908. The van der Waals surface area contributed by atoms with Gasteiger partial charge in [-0.3, -0.25) is 0 Å². The van der Waals surface area contributed by atoms with Crippen LogP contribution in [-0.2, 0) is 6.61 Å². The number of benzene rings is 1. The summed E-state index contributed by atoms with van der Waals surface area (Å²) in [5.41, 5.74) is 0.851. The van der Waals surface area contributed by atoms with E-state index in [2.05, 4.69) is 0 Å². The maximum absolute atomic E-state index is 8.95. The van der Waals surface area contributed by atoms with Gasteiger partial charge in [-0.05, 0) is 24.6 Å². The first-order valence-electron chi connectivity index (χ1n) is 4.23. The van der Waals surface area contributed by atoms with Crippen molar-refractivity contribution in [3.63, 3.8) is 0 Å². The highest BCUT2D eigenvalue weighted by Gasteiger charge is 1.97. The number of ether oxygens (including phenoxy) is 1. The molecule has 1 aromatic rings. The molecule has 0 amide bonds. The zero-order chi connectivity index (χ0) is 9.68. The smallest absolute Gasteiger partial charge is 0.119 e. The molecule has 0 fully saturated rings. The summed E-state index contributed by atoms with van der Waals surface area (Å²) in [6.45, 7) is 2.00. The van der Waals surface area contributed by atoms with Gasteiger partial charge >= 0.3 is 0 Å².